The smallest absolute Gasteiger partial charge is 0.338 e. The van der Waals surface area contributed by atoms with Crippen molar-refractivity contribution in [2.24, 2.45) is 0 Å². The van der Waals surface area contributed by atoms with Gasteiger partial charge >= 0.3 is 12.0 Å². The Kier molecular flexibility index (Phi) is 6.92. The van der Waals surface area contributed by atoms with E-state index in [0.29, 0.717) is 22.8 Å². The number of carbonyl (C=O) groups excluding carboxylic acids is 2. The maximum absolute atomic E-state index is 12.9. The zero-order chi connectivity index (χ0) is 22.5. The number of hydrogen-bond acceptors (Lipinski definition) is 6. The van der Waals surface area contributed by atoms with Crippen LogP contribution in [0.25, 0.3) is 0 Å². The van der Waals surface area contributed by atoms with Crippen molar-refractivity contribution in [3.8, 4) is 0 Å². The number of amides is 2. The lowest BCUT2D eigenvalue weighted by molar-refractivity contribution is -0.139. The fraction of sp³-hybridized carbons (Fsp3) is 0.348. The topological polar surface area (TPSA) is 86.8 Å². The Morgan fingerprint density at radius 1 is 1.16 bits per heavy atom. The summed E-state index contributed by atoms with van der Waals surface area (Å²) in [5.74, 6) is 0.513. The zero-order valence-corrected chi connectivity index (χ0v) is 18.6. The molecule has 2 N–H and O–H groups in total. The lowest BCUT2D eigenvalue weighted by Crippen LogP contribution is -2.52. The molecule has 1 aromatic carbocycles. The van der Waals surface area contributed by atoms with Crippen LogP contribution in [0.1, 0.15) is 18.5 Å². The summed E-state index contributed by atoms with van der Waals surface area (Å²) in [6.45, 7) is 5.65. The summed E-state index contributed by atoms with van der Waals surface area (Å²) in [4.78, 5) is 34.2. The Bertz CT molecular complexity index is 988. The molecular weight excluding hydrogens is 430 g/mol. The number of carbonyl (C=O) groups is 2. The average molecular weight is 456 g/mol. The van der Waals surface area contributed by atoms with Crippen molar-refractivity contribution in [2.75, 3.05) is 44.2 Å². The van der Waals surface area contributed by atoms with Crippen molar-refractivity contribution >= 4 is 29.4 Å². The Balaban J connectivity index is 1.56. The molecule has 4 rings (SSSR count). The summed E-state index contributed by atoms with van der Waals surface area (Å²) < 4.78 is 5.34. The van der Waals surface area contributed by atoms with Crippen LogP contribution in [0.5, 0.6) is 0 Å². The van der Waals surface area contributed by atoms with Gasteiger partial charge in [0.2, 0.25) is 0 Å². The molecule has 0 spiro atoms. The highest BCUT2D eigenvalue weighted by Crippen LogP contribution is 2.29. The number of benzene rings is 1. The minimum absolute atomic E-state index is 0.250. The number of aromatic nitrogens is 1. The summed E-state index contributed by atoms with van der Waals surface area (Å²) in [7, 11) is 0. The Morgan fingerprint density at radius 3 is 2.56 bits per heavy atom. The van der Waals surface area contributed by atoms with E-state index < -0.39 is 12.0 Å². The second kappa shape index (κ2) is 10.0. The number of urea groups is 1. The molecule has 2 amide bonds. The van der Waals surface area contributed by atoms with Crippen LogP contribution in [-0.4, -0.2) is 61.2 Å². The third-order valence-electron chi connectivity index (χ3n) is 5.58. The predicted molar refractivity (Wildman–Crippen MR) is 122 cm³/mol. The molecule has 2 aliphatic heterocycles. The Hall–Kier alpha value is -3.10. The molecule has 168 valence electrons. The predicted octanol–water partition coefficient (Wildman–Crippen LogP) is 2.73. The van der Waals surface area contributed by atoms with Crippen LogP contribution in [-0.2, 0) is 9.53 Å². The SMILES string of the molecule is CCOC(=O)C1=C(CN2CCN(c3ccccn3)CC2)NC(=O)NC1c1ccc(Cl)cc1. The Morgan fingerprint density at radius 2 is 1.91 bits per heavy atom. The van der Waals surface area contributed by atoms with Gasteiger partial charge in [-0.15, -0.1) is 0 Å². The minimum atomic E-state index is -0.607. The molecule has 9 heteroatoms. The number of nitrogens with one attached hydrogen (secondary N) is 2. The summed E-state index contributed by atoms with van der Waals surface area (Å²) in [5.41, 5.74) is 1.75. The average Bonchev–Trinajstić information content (AvgIpc) is 2.80. The van der Waals surface area contributed by atoms with Gasteiger partial charge in [-0.1, -0.05) is 29.8 Å². The van der Waals surface area contributed by atoms with Crippen molar-refractivity contribution in [2.45, 2.75) is 13.0 Å². The van der Waals surface area contributed by atoms with Crippen LogP contribution in [0.2, 0.25) is 5.02 Å². The molecule has 0 saturated carbocycles. The molecule has 3 heterocycles. The van der Waals surface area contributed by atoms with E-state index in [-0.39, 0.29) is 12.6 Å². The van der Waals surface area contributed by atoms with Gasteiger partial charge < -0.3 is 20.3 Å². The van der Waals surface area contributed by atoms with Crippen LogP contribution in [0.3, 0.4) is 0 Å². The molecule has 2 aromatic rings. The fourth-order valence-corrected chi connectivity index (χ4v) is 4.12. The van der Waals surface area contributed by atoms with Crippen LogP contribution in [0.4, 0.5) is 10.6 Å². The number of hydrogen-bond donors (Lipinski definition) is 2. The molecule has 1 unspecified atom stereocenters. The lowest BCUT2D eigenvalue weighted by Gasteiger charge is -2.37. The van der Waals surface area contributed by atoms with E-state index in [4.69, 9.17) is 16.3 Å². The molecule has 1 aromatic heterocycles. The van der Waals surface area contributed by atoms with Crippen LogP contribution in [0.15, 0.2) is 59.9 Å². The highest BCUT2D eigenvalue weighted by Gasteiger charge is 2.34. The number of piperazine rings is 1. The van der Waals surface area contributed by atoms with Gasteiger partial charge in [-0.2, -0.15) is 0 Å². The quantitative estimate of drug-likeness (QED) is 0.651. The van der Waals surface area contributed by atoms with Crippen molar-refractivity contribution < 1.29 is 14.3 Å². The van der Waals surface area contributed by atoms with E-state index in [9.17, 15) is 9.59 Å². The van der Waals surface area contributed by atoms with Gasteiger partial charge in [0.15, 0.2) is 0 Å². The standard InChI is InChI=1S/C23H26ClN5O3/c1-2-32-22(30)20-18(26-23(31)27-21(20)16-6-8-17(24)9-7-16)15-28-11-13-29(14-12-28)19-5-3-4-10-25-19/h3-10,21H,2,11-15H2,1H3,(H2,26,27,31). The molecule has 8 nitrogen and oxygen atoms in total. The second-order valence-corrected chi connectivity index (χ2v) is 8.08. The van der Waals surface area contributed by atoms with Gasteiger partial charge in [-0.3, -0.25) is 4.90 Å². The van der Waals surface area contributed by atoms with Crippen molar-refractivity contribution in [3.05, 3.63) is 70.5 Å². The first-order valence-corrected chi connectivity index (χ1v) is 11.0. The van der Waals surface area contributed by atoms with Gasteiger partial charge in [-0.25, -0.2) is 14.6 Å². The molecule has 2 aliphatic rings. The van der Waals surface area contributed by atoms with E-state index in [1.54, 1.807) is 37.4 Å². The van der Waals surface area contributed by atoms with E-state index >= 15 is 0 Å². The number of halogens is 1. The molecule has 1 saturated heterocycles. The first kappa shape index (κ1) is 22.1. The Labute approximate surface area is 192 Å². The van der Waals surface area contributed by atoms with Gasteiger partial charge in [0.1, 0.15) is 5.82 Å². The first-order chi connectivity index (χ1) is 15.5. The van der Waals surface area contributed by atoms with Gasteiger partial charge in [0.25, 0.3) is 0 Å². The van der Waals surface area contributed by atoms with Crippen molar-refractivity contribution in [1.29, 1.82) is 0 Å². The third-order valence-corrected chi connectivity index (χ3v) is 5.83. The largest absolute Gasteiger partial charge is 0.463 e. The lowest BCUT2D eigenvalue weighted by atomic mass is 9.95. The van der Waals surface area contributed by atoms with Crippen molar-refractivity contribution in [3.63, 3.8) is 0 Å². The van der Waals surface area contributed by atoms with E-state index in [2.05, 4.69) is 25.4 Å². The van der Waals surface area contributed by atoms with E-state index in [1.807, 2.05) is 18.2 Å². The number of pyridine rings is 1. The van der Waals surface area contributed by atoms with Gasteiger partial charge in [0, 0.05) is 49.6 Å². The normalized spacial score (nSPS) is 19.4. The highest BCUT2D eigenvalue weighted by atomic mass is 35.5. The molecule has 1 fully saturated rings. The summed E-state index contributed by atoms with van der Waals surface area (Å²) in [6.07, 6.45) is 1.79. The molecule has 1 atom stereocenters. The van der Waals surface area contributed by atoms with Gasteiger partial charge in [0.05, 0.1) is 18.2 Å². The summed E-state index contributed by atoms with van der Waals surface area (Å²) in [5, 5.41) is 6.28. The second-order valence-electron chi connectivity index (χ2n) is 7.65. The van der Waals surface area contributed by atoms with Crippen molar-refractivity contribution in [1.82, 2.24) is 20.5 Å². The monoisotopic (exact) mass is 455 g/mol. The van der Waals surface area contributed by atoms with E-state index in [0.717, 1.165) is 37.6 Å². The minimum Gasteiger partial charge on any atom is -0.463 e. The maximum Gasteiger partial charge on any atom is 0.338 e. The summed E-state index contributed by atoms with van der Waals surface area (Å²) in [6, 6.07) is 12.0. The zero-order valence-electron chi connectivity index (χ0n) is 17.9. The molecule has 0 bridgehead atoms. The molecule has 0 aliphatic carbocycles. The number of esters is 1. The highest BCUT2D eigenvalue weighted by molar-refractivity contribution is 6.30. The number of anilines is 1. The number of rotatable bonds is 6. The third kappa shape index (κ3) is 5.03. The molecule has 0 radical (unpaired) electrons. The molecular formula is C23H26ClN5O3. The van der Waals surface area contributed by atoms with Gasteiger partial charge in [-0.05, 0) is 36.8 Å². The van der Waals surface area contributed by atoms with E-state index in [1.165, 1.54) is 0 Å². The van der Waals surface area contributed by atoms with Crippen LogP contribution < -0.4 is 15.5 Å². The molecule has 32 heavy (non-hydrogen) atoms. The number of ether oxygens (including phenoxy) is 1. The maximum atomic E-state index is 12.9. The fourth-order valence-electron chi connectivity index (χ4n) is 4.00. The first-order valence-electron chi connectivity index (χ1n) is 10.7. The number of nitrogens with zero attached hydrogens (tertiary/aromatic N) is 3. The summed E-state index contributed by atoms with van der Waals surface area (Å²) >= 11 is 6.02. The van der Waals surface area contributed by atoms with Crippen LogP contribution >= 0.6 is 11.6 Å². The van der Waals surface area contributed by atoms with Crippen LogP contribution in [0, 0.1) is 0 Å².